The van der Waals surface area contributed by atoms with Crippen molar-refractivity contribution >= 4 is 17.5 Å². The smallest absolute Gasteiger partial charge is 0.220 e. The number of furan rings is 1. The van der Waals surface area contributed by atoms with Crippen molar-refractivity contribution in [2.75, 3.05) is 7.11 Å². The van der Waals surface area contributed by atoms with Gasteiger partial charge in [0.05, 0.1) is 7.11 Å². The molecule has 0 fully saturated rings. The molecule has 0 saturated heterocycles. The van der Waals surface area contributed by atoms with E-state index in [0.29, 0.717) is 24.4 Å². The Labute approximate surface area is 157 Å². The van der Waals surface area contributed by atoms with Gasteiger partial charge in [-0.25, -0.2) is 0 Å². The minimum absolute atomic E-state index is 0.00902. The number of hydrogen-bond donors (Lipinski definition) is 1. The average molecular weight is 370 g/mol. The predicted octanol–water partition coefficient (Wildman–Crippen LogP) is 4.86. The van der Waals surface area contributed by atoms with Gasteiger partial charge in [-0.15, -0.1) is 0 Å². The first kappa shape index (κ1) is 18.1. The van der Waals surface area contributed by atoms with Crippen LogP contribution in [0.25, 0.3) is 11.3 Å². The van der Waals surface area contributed by atoms with E-state index >= 15 is 0 Å². The Morgan fingerprint density at radius 1 is 1.04 bits per heavy atom. The molecule has 2 aromatic carbocycles. The normalized spacial score (nSPS) is 10.5. The van der Waals surface area contributed by atoms with E-state index in [0.717, 1.165) is 28.4 Å². The summed E-state index contributed by atoms with van der Waals surface area (Å²) in [5.74, 6) is 2.35. The van der Waals surface area contributed by atoms with Crippen LogP contribution in [-0.2, 0) is 17.8 Å². The maximum atomic E-state index is 12.0. The van der Waals surface area contributed by atoms with Crippen molar-refractivity contribution in [3.05, 3.63) is 77.0 Å². The highest BCUT2D eigenvalue weighted by molar-refractivity contribution is 6.30. The summed E-state index contributed by atoms with van der Waals surface area (Å²) >= 11 is 5.90. The summed E-state index contributed by atoms with van der Waals surface area (Å²) in [4.78, 5) is 12.0. The van der Waals surface area contributed by atoms with Gasteiger partial charge >= 0.3 is 0 Å². The summed E-state index contributed by atoms with van der Waals surface area (Å²) in [6, 6.07) is 18.9. The average Bonchev–Trinajstić information content (AvgIpc) is 3.14. The number of halogens is 1. The summed E-state index contributed by atoms with van der Waals surface area (Å²) < 4.78 is 10.9. The molecule has 3 aromatic rings. The van der Waals surface area contributed by atoms with Gasteiger partial charge in [0.1, 0.15) is 17.3 Å². The van der Waals surface area contributed by atoms with Crippen molar-refractivity contribution in [2.24, 2.45) is 0 Å². The van der Waals surface area contributed by atoms with Crippen LogP contribution in [0.15, 0.2) is 65.1 Å². The molecule has 1 aromatic heterocycles. The number of carbonyl (C=O) groups excluding carboxylic acids is 1. The van der Waals surface area contributed by atoms with E-state index in [-0.39, 0.29) is 5.91 Å². The summed E-state index contributed by atoms with van der Waals surface area (Å²) in [5, 5.41) is 3.60. The van der Waals surface area contributed by atoms with Crippen molar-refractivity contribution in [1.29, 1.82) is 0 Å². The summed E-state index contributed by atoms with van der Waals surface area (Å²) in [7, 11) is 1.63. The predicted molar refractivity (Wildman–Crippen MR) is 102 cm³/mol. The Kier molecular flexibility index (Phi) is 5.97. The minimum Gasteiger partial charge on any atom is -0.497 e. The first-order chi connectivity index (χ1) is 12.6. The lowest BCUT2D eigenvalue weighted by Gasteiger charge is -2.06. The minimum atomic E-state index is -0.00902. The number of carbonyl (C=O) groups is 1. The first-order valence-corrected chi connectivity index (χ1v) is 8.76. The quantitative estimate of drug-likeness (QED) is 0.647. The number of nitrogens with one attached hydrogen (secondary N) is 1. The number of benzene rings is 2. The van der Waals surface area contributed by atoms with Gasteiger partial charge in [0.15, 0.2) is 0 Å². The zero-order valence-electron chi connectivity index (χ0n) is 14.5. The van der Waals surface area contributed by atoms with Crippen LogP contribution in [0.4, 0.5) is 0 Å². The zero-order chi connectivity index (χ0) is 18.4. The molecule has 26 heavy (non-hydrogen) atoms. The van der Waals surface area contributed by atoms with Gasteiger partial charge in [-0.1, -0.05) is 23.7 Å². The monoisotopic (exact) mass is 369 g/mol. The van der Waals surface area contributed by atoms with Crippen LogP contribution < -0.4 is 10.1 Å². The van der Waals surface area contributed by atoms with Crippen molar-refractivity contribution in [3.63, 3.8) is 0 Å². The molecule has 0 radical (unpaired) electrons. The van der Waals surface area contributed by atoms with Crippen LogP contribution in [0.3, 0.4) is 0 Å². The molecule has 0 atom stereocenters. The second kappa shape index (κ2) is 8.59. The first-order valence-electron chi connectivity index (χ1n) is 8.38. The lowest BCUT2D eigenvalue weighted by atomic mass is 10.2. The maximum Gasteiger partial charge on any atom is 0.220 e. The highest BCUT2D eigenvalue weighted by Crippen LogP contribution is 2.24. The molecule has 0 spiro atoms. The van der Waals surface area contributed by atoms with Gasteiger partial charge in [0.2, 0.25) is 5.91 Å². The highest BCUT2D eigenvalue weighted by atomic mass is 35.5. The molecule has 4 nitrogen and oxygen atoms in total. The highest BCUT2D eigenvalue weighted by Gasteiger charge is 2.08. The molecule has 0 aliphatic heterocycles. The number of ether oxygens (including phenoxy) is 1. The van der Waals surface area contributed by atoms with Crippen LogP contribution in [0.1, 0.15) is 17.7 Å². The fraction of sp³-hybridized carbons (Fsp3) is 0.190. The second-order valence-electron chi connectivity index (χ2n) is 5.90. The molecule has 1 amide bonds. The third kappa shape index (κ3) is 4.90. The fourth-order valence-corrected chi connectivity index (χ4v) is 2.68. The molecule has 1 heterocycles. The lowest BCUT2D eigenvalue weighted by Crippen LogP contribution is -2.22. The summed E-state index contributed by atoms with van der Waals surface area (Å²) in [6.07, 6.45) is 0.936. The third-order valence-corrected chi connectivity index (χ3v) is 4.29. The van der Waals surface area contributed by atoms with Gasteiger partial charge < -0.3 is 14.5 Å². The van der Waals surface area contributed by atoms with Crippen molar-refractivity contribution in [3.8, 4) is 17.1 Å². The summed E-state index contributed by atoms with van der Waals surface area (Å²) in [5.41, 5.74) is 1.99. The molecular formula is C21H20ClNO3. The van der Waals surface area contributed by atoms with Crippen LogP contribution in [0, 0.1) is 0 Å². The van der Waals surface area contributed by atoms with Gasteiger partial charge in [-0.3, -0.25) is 4.79 Å². The Bertz CT molecular complexity index is 854. The van der Waals surface area contributed by atoms with Crippen molar-refractivity contribution in [2.45, 2.75) is 19.4 Å². The van der Waals surface area contributed by atoms with Crippen molar-refractivity contribution in [1.82, 2.24) is 5.32 Å². The van der Waals surface area contributed by atoms with E-state index < -0.39 is 0 Å². The maximum absolute atomic E-state index is 12.0. The van der Waals surface area contributed by atoms with Gasteiger partial charge in [0.25, 0.3) is 0 Å². The van der Waals surface area contributed by atoms with Crippen molar-refractivity contribution < 1.29 is 13.9 Å². The second-order valence-corrected chi connectivity index (χ2v) is 6.33. The molecular weight excluding hydrogens is 350 g/mol. The van der Waals surface area contributed by atoms with Gasteiger partial charge in [-0.2, -0.15) is 0 Å². The van der Waals surface area contributed by atoms with Crippen LogP contribution >= 0.6 is 11.6 Å². The van der Waals surface area contributed by atoms with Gasteiger partial charge in [0, 0.05) is 30.0 Å². The molecule has 0 aliphatic carbocycles. The summed E-state index contributed by atoms with van der Waals surface area (Å²) in [6.45, 7) is 0.497. The molecule has 0 bridgehead atoms. The fourth-order valence-electron chi connectivity index (χ4n) is 2.55. The topological polar surface area (TPSA) is 51.5 Å². The Balaban J connectivity index is 1.47. The van der Waals surface area contributed by atoms with E-state index in [1.807, 2.05) is 60.7 Å². The number of aryl methyl sites for hydroxylation is 1. The number of hydrogen-bond acceptors (Lipinski definition) is 3. The molecule has 1 N–H and O–H groups in total. The third-order valence-electron chi connectivity index (χ3n) is 4.04. The molecule has 0 aliphatic rings. The van der Waals surface area contributed by atoms with Crippen LogP contribution in [-0.4, -0.2) is 13.0 Å². The number of methoxy groups -OCH3 is 1. The van der Waals surface area contributed by atoms with E-state index in [9.17, 15) is 4.79 Å². The molecule has 134 valence electrons. The van der Waals surface area contributed by atoms with E-state index in [1.54, 1.807) is 7.11 Å². The molecule has 0 unspecified atom stereocenters. The zero-order valence-corrected chi connectivity index (χ0v) is 15.3. The Morgan fingerprint density at radius 2 is 1.77 bits per heavy atom. The standard InChI is InChI=1S/C21H20ClNO3/c1-25-18-8-2-15(3-9-18)14-23-21(24)13-11-19-10-12-20(26-19)16-4-6-17(22)7-5-16/h2-10,12H,11,13-14H2,1H3,(H,23,24). The SMILES string of the molecule is COc1ccc(CNC(=O)CCc2ccc(-c3ccc(Cl)cc3)o2)cc1. The number of rotatable bonds is 7. The molecule has 0 saturated carbocycles. The van der Waals surface area contributed by atoms with Crippen LogP contribution in [0.2, 0.25) is 5.02 Å². The van der Waals surface area contributed by atoms with Crippen LogP contribution in [0.5, 0.6) is 5.75 Å². The largest absolute Gasteiger partial charge is 0.497 e. The Morgan fingerprint density at radius 3 is 2.46 bits per heavy atom. The van der Waals surface area contributed by atoms with E-state index in [4.69, 9.17) is 20.8 Å². The van der Waals surface area contributed by atoms with Gasteiger partial charge in [-0.05, 0) is 54.1 Å². The van der Waals surface area contributed by atoms with E-state index in [2.05, 4.69) is 5.32 Å². The number of amides is 1. The van der Waals surface area contributed by atoms with E-state index in [1.165, 1.54) is 0 Å². The molecule has 3 rings (SSSR count). The molecule has 5 heteroatoms. The Hall–Kier alpha value is -2.72. The lowest BCUT2D eigenvalue weighted by molar-refractivity contribution is -0.121.